The van der Waals surface area contributed by atoms with Gasteiger partial charge in [0, 0.05) is 10.0 Å². The number of rotatable bonds is 5. The zero-order chi connectivity index (χ0) is 23.5. The standard InChI is InChI=1S/C25H18Cl2N2O4/c1-15-8-9-19(13-22(15)27)29-24(31)21(23(30)28-25(29)32)12-16-4-3-7-20(11-16)33-14-17-5-2-6-18(26)10-17/h2-13H,14H2,1H3,(H,28,30,32)/b21-12-. The van der Waals surface area contributed by atoms with E-state index in [1.807, 2.05) is 12.1 Å². The first-order valence-corrected chi connectivity index (χ1v) is 10.7. The number of aryl methyl sites for hydroxylation is 1. The molecule has 166 valence electrons. The molecule has 1 N–H and O–H groups in total. The minimum Gasteiger partial charge on any atom is -0.489 e. The van der Waals surface area contributed by atoms with Gasteiger partial charge in [-0.25, -0.2) is 9.69 Å². The Morgan fingerprint density at radius 1 is 0.970 bits per heavy atom. The smallest absolute Gasteiger partial charge is 0.335 e. The maximum atomic E-state index is 13.1. The number of carbonyl (C=O) groups excluding carboxylic acids is 3. The summed E-state index contributed by atoms with van der Waals surface area (Å²) in [5, 5.41) is 3.22. The molecule has 0 atom stereocenters. The van der Waals surface area contributed by atoms with Gasteiger partial charge in [0.1, 0.15) is 17.9 Å². The first-order valence-electron chi connectivity index (χ1n) is 9.97. The SMILES string of the molecule is Cc1ccc(N2C(=O)NC(=O)/C(=C/c3cccc(OCc4cccc(Cl)c4)c3)C2=O)cc1Cl. The van der Waals surface area contributed by atoms with E-state index in [0.29, 0.717) is 28.0 Å². The van der Waals surface area contributed by atoms with Gasteiger partial charge < -0.3 is 4.74 Å². The molecule has 1 fully saturated rings. The highest BCUT2D eigenvalue weighted by Gasteiger charge is 2.37. The number of amides is 4. The predicted molar refractivity (Wildman–Crippen MR) is 127 cm³/mol. The van der Waals surface area contributed by atoms with Crippen LogP contribution in [0.25, 0.3) is 6.08 Å². The Morgan fingerprint density at radius 2 is 1.76 bits per heavy atom. The van der Waals surface area contributed by atoms with E-state index >= 15 is 0 Å². The predicted octanol–water partition coefficient (Wildman–Crippen LogP) is 5.55. The molecule has 0 bridgehead atoms. The van der Waals surface area contributed by atoms with Crippen LogP contribution in [0.4, 0.5) is 10.5 Å². The van der Waals surface area contributed by atoms with Gasteiger partial charge in [-0.15, -0.1) is 0 Å². The van der Waals surface area contributed by atoms with Crippen LogP contribution in [0.2, 0.25) is 10.0 Å². The summed E-state index contributed by atoms with van der Waals surface area (Å²) in [7, 11) is 0. The van der Waals surface area contributed by atoms with Crippen LogP contribution in [-0.2, 0) is 16.2 Å². The summed E-state index contributed by atoms with van der Waals surface area (Å²) in [6, 6.07) is 18.2. The van der Waals surface area contributed by atoms with E-state index in [0.717, 1.165) is 16.0 Å². The van der Waals surface area contributed by atoms with Crippen LogP contribution in [0.15, 0.2) is 72.3 Å². The second-order valence-electron chi connectivity index (χ2n) is 7.38. The Hall–Kier alpha value is -3.61. The molecular formula is C25H18Cl2N2O4. The van der Waals surface area contributed by atoms with Crippen molar-refractivity contribution < 1.29 is 19.1 Å². The van der Waals surface area contributed by atoms with Crippen molar-refractivity contribution in [3.63, 3.8) is 0 Å². The highest BCUT2D eigenvalue weighted by atomic mass is 35.5. The van der Waals surface area contributed by atoms with Crippen LogP contribution in [0, 0.1) is 6.92 Å². The molecule has 3 aromatic rings. The number of urea groups is 1. The van der Waals surface area contributed by atoms with E-state index in [1.165, 1.54) is 12.1 Å². The lowest BCUT2D eigenvalue weighted by atomic mass is 10.1. The van der Waals surface area contributed by atoms with E-state index in [1.54, 1.807) is 55.5 Å². The first kappa shape index (κ1) is 22.6. The molecule has 3 aromatic carbocycles. The molecule has 4 amide bonds. The number of hydrogen-bond acceptors (Lipinski definition) is 4. The van der Waals surface area contributed by atoms with E-state index in [2.05, 4.69) is 5.32 Å². The molecule has 6 nitrogen and oxygen atoms in total. The number of barbiturate groups is 1. The van der Waals surface area contributed by atoms with Gasteiger partial charge in [0.15, 0.2) is 0 Å². The van der Waals surface area contributed by atoms with Crippen LogP contribution in [0.3, 0.4) is 0 Å². The third kappa shape index (κ3) is 5.08. The quantitative estimate of drug-likeness (QED) is 0.383. The first-order chi connectivity index (χ1) is 15.8. The topological polar surface area (TPSA) is 75.7 Å². The van der Waals surface area contributed by atoms with Gasteiger partial charge in [0.05, 0.1) is 5.69 Å². The molecule has 0 saturated carbocycles. The van der Waals surface area contributed by atoms with E-state index in [4.69, 9.17) is 27.9 Å². The van der Waals surface area contributed by atoms with E-state index in [9.17, 15) is 14.4 Å². The highest BCUT2D eigenvalue weighted by molar-refractivity contribution is 6.39. The van der Waals surface area contributed by atoms with Crippen molar-refractivity contribution in [1.82, 2.24) is 5.32 Å². The fourth-order valence-corrected chi connectivity index (χ4v) is 3.65. The summed E-state index contributed by atoms with van der Waals surface area (Å²) < 4.78 is 5.81. The Kier molecular flexibility index (Phi) is 6.49. The normalized spacial score (nSPS) is 15.1. The number of hydrogen-bond donors (Lipinski definition) is 1. The molecule has 33 heavy (non-hydrogen) atoms. The number of ether oxygens (including phenoxy) is 1. The summed E-state index contributed by atoms with van der Waals surface area (Å²) in [6.07, 6.45) is 1.42. The molecule has 0 spiro atoms. The summed E-state index contributed by atoms with van der Waals surface area (Å²) in [5.74, 6) is -0.968. The zero-order valence-corrected chi connectivity index (χ0v) is 19.0. The lowest BCUT2D eigenvalue weighted by Gasteiger charge is -2.26. The van der Waals surface area contributed by atoms with Gasteiger partial charge in [-0.2, -0.15) is 0 Å². The Bertz CT molecular complexity index is 1300. The molecule has 1 aliphatic rings. The van der Waals surface area contributed by atoms with Crippen LogP contribution in [0.1, 0.15) is 16.7 Å². The minimum atomic E-state index is -0.833. The van der Waals surface area contributed by atoms with Crippen molar-refractivity contribution in [2.75, 3.05) is 4.90 Å². The maximum Gasteiger partial charge on any atom is 0.335 e. The van der Waals surface area contributed by atoms with Crippen molar-refractivity contribution in [3.8, 4) is 5.75 Å². The van der Waals surface area contributed by atoms with Crippen molar-refractivity contribution in [1.29, 1.82) is 0 Å². The molecule has 0 unspecified atom stereocenters. The Balaban J connectivity index is 1.58. The monoisotopic (exact) mass is 480 g/mol. The van der Waals surface area contributed by atoms with E-state index < -0.39 is 17.8 Å². The Morgan fingerprint density at radius 3 is 2.52 bits per heavy atom. The molecule has 8 heteroatoms. The van der Waals surface area contributed by atoms with Crippen molar-refractivity contribution in [3.05, 3.63) is 99.0 Å². The molecular weight excluding hydrogens is 463 g/mol. The molecule has 1 heterocycles. The Labute approximate surface area is 200 Å². The van der Waals surface area contributed by atoms with Crippen molar-refractivity contribution >= 4 is 52.8 Å². The highest BCUT2D eigenvalue weighted by Crippen LogP contribution is 2.27. The van der Waals surface area contributed by atoms with Gasteiger partial charge in [-0.1, -0.05) is 53.5 Å². The van der Waals surface area contributed by atoms with Crippen LogP contribution < -0.4 is 15.0 Å². The number of carbonyl (C=O) groups is 3. The number of nitrogens with zero attached hydrogens (tertiary/aromatic N) is 1. The van der Waals surface area contributed by atoms with Gasteiger partial charge in [0.2, 0.25) is 0 Å². The average molecular weight is 481 g/mol. The fraction of sp³-hybridized carbons (Fsp3) is 0.0800. The largest absolute Gasteiger partial charge is 0.489 e. The number of imide groups is 2. The van der Waals surface area contributed by atoms with Gasteiger partial charge in [0.25, 0.3) is 11.8 Å². The van der Waals surface area contributed by atoms with E-state index in [-0.39, 0.29) is 11.3 Å². The summed E-state index contributed by atoms with van der Waals surface area (Å²) >= 11 is 12.2. The van der Waals surface area contributed by atoms with Crippen LogP contribution in [-0.4, -0.2) is 17.8 Å². The number of anilines is 1. The summed E-state index contributed by atoms with van der Waals surface area (Å²) in [4.78, 5) is 38.8. The number of halogens is 2. The second-order valence-corrected chi connectivity index (χ2v) is 8.23. The number of benzene rings is 3. The fourth-order valence-electron chi connectivity index (χ4n) is 3.27. The lowest BCUT2D eigenvalue weighted by Crippen LogP contribution is -2.54. The molecule has 1 saturated heterocycles. The third-order valence-corrected chi connectivity index (χ3v) is 5.62. The van der Waals surface area contributed by atoms with Crippen LogP contribution in [0.5, 0.6) is 5.75 Å². The zero-order valence-electron chi connectivity index (χ0n) is 17.5. The molecule has 1 aliphatic heterocycles. The summed E-state index contributed by atoms with van der Waals surface area (Å²) in [6.45, 7) is 2.11. The lowest BCUT2D eigenvalue weighted by molar-refractivity contribution is -0.122. The second kappa shape index (κ2) is 9.48. The van der Waals surface area contributed by atoms with Crippen LogP contribution >= 0.6 is 23.2 Å². The maximum absolute atomic E-state index is 13.1. The minimum absolute atomic E-state index is 0.182. The summed E-state index contributed by atoms with van der Waals surface area (Å²) in [5.41, 5.74) is 2.35. The molecule has 0 aliphatic carbocycles. The van der Waals surface area contributed by atoms with Gasteiger partial charge >= 0.3 is 6.03 Å². The third-order valence-electron chi connectivity index (χ3n) is 4.98. The van der Waals surface area contributed by atoms with Crippen molar-refractivity contribution in [2.45, 2.75) is 13.5 Å². The van der Waals surface area contributed by atoms with Gasteiger partial charge in [-0.05, 0) is 66.1 Å². The average Bonchev–Trinajstić information content (AvgIpc) is 2.78. The number of nitrogens with one attached hydrogen (secondary N) is 1. The molecule has 4 rings (SSSR count). The van der Waals surface area contributed by atoms with Gasteiger partial charge in [-0.3, -0.25) is 14.9 Å². The molecule has 0 aromatic heterocycles. The van der Waals surface area contributed by atoms with Crippen molar-refractivity contribution in [2.24, 2.45) is 0 Å². The molecule has 0 radical (unpaired) electrons.